The van der Waals surface area contributed by atoms with Gasteiger partial charge in [-0.15, -0.1) is 12.4 Å². The molecule has 0 aromatic heterocycles. The van der Waals surface area contributed by atoms with Crippen LogP contribution in [0.5, 0.6) is 5.75 Å². The third-order valence-electron chi connectivity index (χ3n) is 5.93. The first-order valence-electron chi connectivity index (χ1n) is 10.6. The number of hydrogen-bond acceptors (Lipinski definition) is 6. The van der Waals surface area contributed by atoms with Crippen molar-refractivity contribution in [2.45, 2.75) is 51.0 Å². The maximum Gasteiger partial charge on any atom is 0.290 e. The molecule has 6 nitrogen and oxygen atoms in total. The molecule has 1 atom stereocenters. The number of carbonyl (C=O) groups excluding carboxylic acids is 2. The number of imide groups is 1. The van der Waals surface area contributed by atoms with Crippen LogP contribution in [0.3, 0.4) is 0 Å². The van der Waals surface area contributed by atoms with Crippen molar-refractivity contribution < 1.29 is 14.3 Å². The van der Waals surface area contributed by atoms with Gasteiger partial charge in [0.15, 0.2) is 0 Å². The van der Waals surface area contributed by atoms with Gasteiger partial charge in [-0.2, -0.15) is 0 Å². The van der Waals surface area contributed by atoms with Crippen LogP contribution < -0.4 is 20.7 Å². The predicted molar refractivity (Wildman–Crippen MR) is 124 cm³/mol. The Balaban J connectivity index is 0.00000256. The van der Waals surface area contributed by atoms with Crippen LogP contribution in [0.4, 0.5) is 10.5 Å². The fraction of sp³-hybridized carbons (Fsp3) is 0.545. The van der Waals surface area contributed by atoms with E-state index in [2.05, 4.69) is 10.2 Å². The van der Waals surface area contributed by atoms with Gasteiger partial charge in [0.05, 0.1) is 17.2 Å². The van der Waals surface area contributed by atoms with E-state index in [9.17, 15) is 9.59 Å². The molecule has 0 spiro atoms. The number of rotatable bonds is 5. The van der Waals surface area contributed by atoms with Gasteiger partial charge in [-0.25, -0.2) is 0 Å². The quantitative estimate of drug-likeness (QED) is 0.648. The maximum atomic E-state index is 12.1. The van der Waals surface area contributed by atoms with Gasteiger partial charge in [0, 0.05) is 24.7 Å². The Morgan fingerprint density at radius 2 is 1.97 bits per heavy atom. The van der Waals surface area contributed by atoms with E-state index in [1.54, 1.807) is 6.08 Å². The summed E-state index contributed by atoms with van der Waals surface area (Å²) >= 11 is 0.944. The van der Waals surface area contributed by atoms with E-state index in [0.29, 0.717) is 10.8 Å². The van der Waals surface area contributed by atoms with Crippen LogP contribution in [0.25, 0.3) is 6.08 Å². The molecule has 2 aliphatic heterocycles. The molecular formula is C22H30ClN3O3S. The van der Waals surface area contributed by atoms with Crippen molar-refractivity contribution in [2.24, 2.45) is 11.7 Å². The summed E-state index contributed by atoms with van der Waals surface area (Å²) in [4.78, 5) is 26.3. The third kappa shape index (κ3) is 5.50. The standard InChI is InChI=1S/C22H29N3O3S.ClH/c23-17-9-5-11-25(13-17)20-16(12-19-21(26)24-22(27)29-19)8-4-10-18(20)28-14-15-6-2-1-3-7-15;/h4,8,10,12,15,17H,1-3,5-7,9,11,13-14,23H2,(H,24,26,27);1H/b19-12-;/t17-;/m1./s1. The number of para-hydroxylation sites is 1. The Morgan fingerprint density at radius 1 is 1.17 bits per heavy atom. The van der Waals surface area contributed by atoms with Crippen LogP contribution in [0, 0.1) is 5.92 Å². The van der Waals surface area contributed by atoms with E-state index in [0.717, 1.165) is 61.3 Å². The van der Waals surface area contributed by atoms with Crippen LogP contribution in [-0.2, 0) is 4.79 Å². The zero-order chi connectivity index (χ0) is 20.2. The van der Waals surface area contributed by atoms with Crippen molar-refractivity contribution in [3.8, 4) is 5.75 Å². The molecule has 2 amide bonds. The second kappa shape index (κ2) is 10.6. The molecule has 0 radical (unpaired) electrons. The number of nitrogens with one attached hydrogen (secondary N) is 1. The Morgan fingerprint density at radius 3 is 2.67 bits per heavy atom. The van der Waals surface area contributed by atoms with E-state index < -0.39 is 0 Å². The lowest BCUT2D eigenvalue weighted by molar-refractivity contribution is -0.115. The number of hydrogen-bond donors (Lipinski definition) is 2. The number of nitrogens with two attached hydrogens (primary N) is 1. The van der Waals surface area contributed by atoms with E-state index in [1.165, 1.54) is 32.1 Å². The minimum absolute atomic E-state index is 0. The first kappa shape index (κ1) is 23.0. The molecule has 8 heteroatoms. The smallest absolute Gasteiger partial charge is 0.290 e. The topological polar surface area (TPSA) is 84.7 Å². The Labute approximate surface area is 188 Å². The van der Waals surface area contributed by atoms with Gasteiger partial charge < -0.3 is 15.4 Å². The zero-order valence-electron chi connectivity index (χ0n) is 17.1. The largest absolute Gasteiger partial charge is 0.491 e. The molecule has 1 aliphatic carbocycles. The summed E-state index contributed by atoms with van der Waals surface area (Å²) in [5, 5.41) is 2.00. The number of nitrogens with zero attached hydrogens (tertiary/aromatic N) is 1. The fourth-order valence-corrected chi connectivity index (χ4v) is 5.12. The molecule has 3 fully saturated rings. The molecule has 0 bridgehead atoms. The average Bonchev–Trinajstić information content (AvgIpc) is 3.04. The van der Waals surface area contributed by atoms with Crippen LogP contribution in [-0.4, -0.2) is 36.9 Å². The van der Waals surface area contributed by atoms with Crippen molar-refractivity contribution in [3.63, 3.8) is 0 Å². The minimum Gasteiger partial charge on any atom is -0.491 e. The minimum atomic E-state index is -0.338. The number of carbonyl (C=O) groups is 2. The second-order valence-corrected chi connectivity index (χ2v) is 9.22. The van der Waals surface area contributed by atoms with Crippen molar-refractivity contribution in [1.29, 1.82) is 0 Å². The summed E-state index contributed by atoms with van der Waals surface area (Å²) in [6, 6.07) is 6.07. The molecular weight excluding hydrogens is 422 g/mol. The summed E-state index contributed by atoms with van der Waals surface area (Å²) in [6.07, 6.45) is 10.2. The van der Waals surface area contributed by atoms with Gasteiger partial charge in [-0.3, -0.25) is 14.9 Å². The summed E-state index contributed by atoms with van der Waals surface area (Å²) in [5.74, 6) is 1.11. The molecule has 1 saturated carbocycles. The number of piperidine rings is 1. The lowest BCUT2D eigenvalue weighted by Gasteiger charge is -2.35. The Bertz CT molecular complexity index is 811. The molecule has 30 heavy (non-hydrogen) atoms. The molecule has 3 aliphatic rings. The Hall–Kier alpha value is -1.70. The van der Waals surface area contributed by atoms with Gasteiger partial charge in [0.2, 0.25) is 0 Å². The molecule has 2 heterocycles. The van der Waals surface area contributed by atoms with Gasteiger partial charge in [0.1, 0.15) is 5.75 Å². The highest BCUT2D eigenvalue weighted by Gasteiger charge is 2.27. The van der Waals surface area contributed by atoms with Crippen molar-refractivity contribution in [2.75, 3.05) is 24.6 Å². The van der Waals surface area contributed by atoms with Crippen molar-refractivity contribution in [1.82, 2.24) is 5.32 Å². The van der Waals surface area contributed by atoms with Crippen molar-refractivity contribution in [3.05, 3.63) is 28.7 Å². The molecule has 1 aromatic rings. The van der Waals surface area contributed by atoms with E-state index in [1.807, 2.05) is 18.2 Å². The lowest BCUT2D eigenvalue weighted by Crippen LogP contribution is -2.43. The molecule has 0 unspecified atom stereocenters. The summed E-state index contributed by atoms with van der Waals surface area (Å²) in [5.41, 5.74) is 8.13. The van der Waals surface area contributed by atoms with E-state index >= 15 is 0 Å². The van der Waals surface area contributed by atoms with Crippen LogP contribution in [0.1, 0.15) is 50.5 Å². The van der Waals surface area contributed by atoms with Crippen LogP contribution in [0.15, 0.2) is 23.1 Å². The predicted octanol–water partition coefficient (Wildman–Crippen LogP) is 4.32. The number of ether oxygens (including phenoxy) is 1. The van der Waals surface area contributed by atoms with Gasteiger partial charge in [0.25, 0.3) is 11.1 Å². The molecule has 164 valence electrons. The fourth-order valence-electron chi connectivity index (χ4n) is 4.45. The third-order valence-corrected chi connectivity index (χ3v) is 6.74. The lowest BCUT2D eigenvalue weighted by atomic mass is 9.90. The summed E-state index contributed by atoms with van der Waals surface area (Å²) in [6.45, 7) is 2.39. The number of benzene rings is 1. The van der Waals surface area contributed by atoms with Gasteiger partial charge >= 0.3 is 0 Å². The van der Waals surface area contributed by atoms with Gasteiger partial charge in [-0.05, 0) is 55.5 Å². The molecule has 2 saturated heterocycles. The number of amides is 2. The monoisotopic (exact) mass is 451 g/mol. The summed E-state index contributed by atoms with van der Waals surface area (Å²) < 4.78 is 6.33. The molecule has 4 rings (SSSR count). The first-order chi connectivity index (χ1) is 14.1. The zero-order valence-corrected chi connectivity index (χ0v) is 18.7. The van der Waals surface area contributed by atoms with Gasteiger partial charge in [-0.1, -0.05) is 31.4 Å². The maximum absolute atomic E-state index is 12.1. The number of halogens is 1. The van der Waals surface area contributed by atoms with Crippen LogP contribution in [0.2, 0.25) is 0 Å². The number of thioether (sulfide) groups is 1. The molecule has 3 N–H and O–H groups in total. The second-order valence-electron chi connectivity index (χ2n) is 8.21. The number of anilines is 1. The average molecular weight is 452 g/mol. The highest BCUT2D eigenvalue weighted by molar-refractivity contribution is 8.18. The molecule has 1 aromatic carbocycles. The van der Waals surface area contributed by atoms with Crippen molar-refractivity contribution >= 4 is 47.1 Å². The van der Waals surface area contributed by atoms with E-state index in [-0.39, 0.29) is 29.6 Å². The summed E-state index contributed by atoms with van der Waals surface area (Å²) in [7, 11) is 0. The van der Waals surface area contributed by atoms with E-state index in [4.69, 9.17) is 10.5 Å². The normalized spacial score (nSPS) is 24.0. The SMILES string of the molecule is Cl.N[C@@H]1CCCN(c2c(/C=C3\SC(=O)NC3=O)cccc2OCC2CCCCC2)C1. The first-order valence-corrected chi connectivity index (χ1v) is 11.4. The highest BCUT2D eigenvalue weighted by Crippen LogP contribution is 2.38. The highest BCUT2D eigenvalue weighted by atomic mass is 35.5. The Kier molecular flexibility index (Phi) is 8.08. The van der Waals surface area contributed by atoms with Crippen LogP contribution >= 0.6 is 24.2 Å².